The fourth-order valence-corrected chi connectivity index (χ4v) is 4.61. The number of anilines is 2. The van der Waals surface area contributed by atoms with Gasteiger partial charge in [0.1, 0.15) is 5.00 Å². The number of carboxylic acid groups (broad SMARTS) is 1. The standard InChI is InChI=1S/C20H22N2O4S/c1-3-14-11(2)27-19(17(14)20(25)26)22-16(23)9-8-13-10-12-6-4-5-7-15(12)21-18(13)24/h4-7,13H,3,8-10H2,1-2H3,(H,21,24)(H,22,23)(H,25,26). The lowest BCUT2D eigenvalue weighted by Crippen LogP contribution is -2.30. The van der Waals surface area contributed by atoms with Crippen molar-refractivity contribution in [1.82, 2.24) is 0 Å². The molecule has 0 saturated heterocycles. The molecule has 1 aliphatic heterocycles. The summed E-state index contributed by atoms with van der Waals surface area (Å²) in [5.41, 5.74) is 2.83. The van der Waals surface area contributed by atoms with Crippen molar-refractivity contribution in [3.05, 3.63) is 45.8 Å². The van der Waals surface area contributed by atoms with Crippen LogP contribution >= 0.6 is 11.3 Å². The number of para-hydroxylation sites is 1. The number of rotatable bonds is 6. The highest BCUT2D eigenvalue weighted by Crippen LogP contribution is 2.34. The number of hydrogen-bond acceptors (Lipinski definition) is 4. The van der Waals surface area contributed by atoms with Gasteiger partial charge in [-0.25, -0.2) is 4.79 Å². The van der Waals surface area contributed by atoms with Crippen LogP contribution in [-0.2, 0) is 22.4 Å². The molecule has 0 bridgehead atoms. The van der Waals surface area contributed by atoms with Gasteiger partial charge in [-0.2, -0.15) is 0 Å². The summed E-state index contributed by atoms with van der Waals surface area (Å²) in [6.07, 6.45) is 1.78. The Balaban J connectivity index is 1.64. The third-order valence-corrected chi connectivity index (χ3v) is 5.92. The molecule has 27 heavy (non-hydrogen) atoms. The van der Waals surface area contributed by atoms with Crippen LogP contribution in [0.25, 0.3) is 0 Å². The van der Waals surface area contributed by atoms with Crippen LogP contribution < -0.4 is 10.6 Å². The summed E-state index contributed by atoms with van der Waals surface area (Å²) in [6, 6.07) is 7.65. The number of aromatic carboxylic acids is 1. The smallest absolute Gasteiger partial charge is 0.339 e. The molecule has 0 spiro atoms. The highest BCUT2D eigenvalue weighted by molar-refractivity contribution is 7.16. The van der Waals surface area contributed by atoms with Crippen molar-refractivity contribution in [1.29, 1.82) is 0 Å². The molecule has 2 heterocycles. The van der Waals surface area contributed by atoms with E-state index in [1.807, 2.05) is 38.1 Å². The molecular weight excluding hydrogens is 364 g/mol. The summed E-state index contributed by atoms with van der Waals surface area (Å²) in [4.78, 5) is 37.1. The number of benzene rings is 1. The van der Waals surface area contributed by atoms with Gasteiger partial charge in [-0.3, -0.25) is 9.59 Å². The minimum absolute atomic E-state index is 0.0760. The second-order valence-corrected chi connectivity index (χ2v) is 7.86. The van der Waals surface area contributed by atoms with Crippen LogP contribution in [0, 0.1) is 12.8 Å². The first kappa shape index (κ1) is 19.1. The highest BCUT2D eigenvalue weighted by Gasteiger charge is 2.27. The fourth-order valence-electron chi connectivity index (χ4n) is 3.46. The van der Waals surface area contributed by atoms with E-state index in [0.717, 1.165) is 21.7 Å². The summed E-state index contributed by atoms with van der Waals surface area (Å²) in [6.45, 7) is 3.75. The highest BCUT2D eigenvalue weighted by atomic mass is 32.1. The molecule has 7 heteroatoms. The van der Waals surface area contributed by atoms with E-state index >= 15 is 0 Å². The van der Waals surface area contributed by atoms with Crippen LogP contribution in [-0.4, -0.2) is 22.9 Å². The zero-order valence-corrected chi connectivity index (χ0v) is 16.1. The zero-order chi connectivity index (χ0) is 19.6. The molecule has 1 aliphatic rings. The van der Waals surface area contributed by atoms with Crippen LogP contribution in [0.4, 0.5) is 10.7 Å². The minimum atomic E-state index is -1.03. The van der Waals surface area contributed by atoms with Gasteiger partial charge in [-0.15, -0.1) is 11.3 Å². The maximum absolute atomic E-state index is 12.4. The Morgan fingerprint density at radius 1 is 1.33 bits per heavy atom. The molecule has 3 N–H and O–H groups in total. The second kappa shape index (κ2) is 7.92. The first-order chi connectivity index (χ1) is 12.9. The lowest BCUT2D eigenvalue weighted by molar-refractivity contribution is -0.121. The van der Waals surface area contributed by atoms with E-state index in [4.69, 9.17) is 0 Å². The van der Waals surface area contributed by atoms with E-state index in [9.17, 15) is 19.5 Å². The Kier molecular flexibility index (Phi) is 5.60. The number of carbonyl (C=O) groups excluding carboxylic acids is 2. The first-order valence-electron chi connectivity index (χ1n) is 8.94. The van der Waals surface area contributed by atoms with E-state index in [1.54, 1.807) is 0 Å². The fraction of sp³-hybridized carbons (Fsp3) is 0.350. The third-order valence-electron chi connectivity index (χ3n) is 4.86. The quantitative estimate of drug-likeness (QED) is 0.703. The minimum Gasteiger partial charge on any atom is -0.478 e. The number of fused-ring (bicyclic) bond motifs is 1. The van der Waals surface area contributed by atoms with Crippen LogP contribution in [0.1, 0.15) is 46.1 Å². The molecule has 0 radical (unpaired) electrons. The number of aryl methyl sites for hydroxylation is 1. The maximum atomic E-state index is 12.4. The van der Waals surface area contributed by atoms with Crippen LogP contribution in [0.3, 0.4) is 0 Å². The molecule has 142 valence electrons. The molecule has 1 atom stereocenters. The van der Waals surface area contributed by atoms with Crippen molar-refractivity contribution in [3.8, 4) is 0 Å². The van der Waals surface area contributed by atoms with Crippen molar-refractivity contribution < 1.29 is 19.5 Å². The van der Waals surface area contributed by atoms with Crippen molar-refractivity contribution in [2.24, 2.45) is 5.92 Å². The number of thiophene rings is 1. The Hall–Kier alpha value is -2.67. The number of amides is 2. The summed E-state index contributed by atoms with van der Waals surface area (Å²) in [7, 11) is 0. The Bertz CT molecular complexity index is 903. The molecule has 3 rings (SSSR count). The van der Waals surface area contributed by atoms with Crippen molar-refractivity contribution >= 4 is 39.8 Å². The number of hydrogen-bond donors (Lipinski definition) is 3. The molecule has 2 aromatic rings. The van der Waals surface area contributed by atoms with Crippen molar-refractivity contribution in [2.75, 3.05) is 10.6 Å². The van der Waals surface area contributed by atoms with Crippen molar-refractivity contribution in [3.63, 3.8) is 0 Å². The molecule has 0 aliphatic carbocycles. The van der Waals surface area contributed by atoms with Gasteiger partial charge in [0, 0.05) is 22.9 Å². The third kappa shape index (κ3) is 4.03. The van der Waals surface area contributed by atoms with E-state index in [0.29, 0.717) is 24.3 Å². The van der Waals surface area contributed by atoms with E-state index in [1.165, 1.54) is 11.3 Å². The molecule has 0 fully saturated rings. The summed E-state index contributed by atoms with van der Waals surface area (Å²) >= 11 is 1.28. The predicted molar refractivity (Wildman–Crippen MR) is 106 cm³/mol. The monoisotopic (exact) mass is 386 g/mol. The Morgan fingerprint density at radius 3 is 2.78 bits per heavy atom. The summed E-state index contributed by atoms with van der Waals surface area (Å²) in [5, 5.41) is 15.5. The molecule has 6 nitrogen and oxygen atoms in total. The topological polar surface area (TPSA) is 95.5 Å². The molecule has 1 unspecified atom stereocenters. The SMILES string of the molecule is CCc1c(C)sc(NC(=O)CCC2Cc3ccccc3NC2=O)c1C(=O)O. The average molecular weight is 386 g/mol. The largest absolute Gasteiger partial charge is 0.478 e. The average Bonchev–Trinajstić information content (AvgIpc) is 2.94. The van der Waals surface area contributed by atoms with Gasteiger partial charge in [0.2, 0.25) is 11.8 Å². The van der Waals surface area contributed by atoms with Gasteiger partial charge in [0.25, 0.3) is 0 Å². The van der Waals surface area contributed by atoms with Crippen LogP contribution in [0.5, 0.6) is 0 Å². The van der Waals surface area contributed by atoms with Gasteiger partial charge in [-0.05, 0) is 43.4 Å². The lowest BCUT2D eigenvalue weighted by Gasteiger charge is -2.24. The zero-order valence-electron chi connectivity index (χ0n) is 15.3. The molecule has 0 saturated carbocycles. The second-order valence-electron chi connectivity index (χ2n) is 6.63. The Labute approximate surface area is 161 Å². The number of nitrogens with one attached hydrogen (secondary N) is 2. The summed E-state index contributed by atoms with van der Waals surface area (Å²) in [5.74, 6) is -1.64. The summed E-state index contributed by atoms with van der Waals surface area (Å²) < 4.78 is 0. The van der Waals surface area contributed by atoms with Crippen LogP contribution in [0.2, 0.25) is 0 Å². The molecule has 1 aromatic heterocycles. The van der Waals surface area contributed by atoms with Gasteiger partial charge < -0.3 is 15.7 Å². The molecular formula is C20H22N2O4S. The Morgan fingerprint density at radius 2 is 2.07 bits per heavy atom. The van der Waals surface area contributed by atoms with Gasteiger partial charge in [0.15, 0.2) is 0 Å². The maximum Gasteiger partial charge on any atom is 0.339 e. The number of carbonyl (C=O) groups is 3. The van der Waals surface area contributed by atoms with E-state index < -0.39 is 5.97 Å². The predicted octanol–water partition coefficient (Wildman–Crippen LogP) is 3.85. The first-order valence-corrected chi connectivity index (χ1v) is 9.76. The molecule has 1 aromatic carbocycles. The van der Waals surface area contributed by atoms with Crippen molar-refractivity contribution in [2.45, 2.75) is 39.5 Å². The van der Waals surface area contributed by atoms with E-state index in [2.05, 4.69) is 10.6 Å². The van der Waals surface area contributed by atoms with E-state index in [-0.39, 0.29) is 29.7 Å². The van der Waals surface area contributed by atoms with Gasteiger partial charge in [0.05, 0.1) is 5.56 Å². The van der Waals surface area contributed by atoms with Gasteiger partial charge >= 0.3 is 5.97 Å². The van der Waals surface area contributed by atoms with Crippen LogP contribution in [0.15, 0.2) is 24.3 Å². The lowest BCUT2D eigenvalue weighted by atomic mass is 9.89. The molecule has 2 amide bonds. The normalized spacial score (nSPS) is 15.8. The van der Waals surface area contributed by atoms with Gasteiger partial charge in [-0.1, -0.05) is 25.1 Å². The number of carboxylic acids is 1.